The van der Waals surface area contributed by atoms with Crippen LogP contribution in [0.25, 0.3) is 10.9 Å². The molecule has 1 saturated carbocycles. The molecule has 0 N–H and O–H groups in total. The topological polar surface area (TPSA) is 41.5 Å². The first kappa shape index (κ1) is 21.0. The van der Waals surface area contributed by atoms with Crippen LogP contribution in [-0.2, 0) is 5.67 Å². The minimum Gasteiger partial charge on any atom is -0.496 e. The van der Waals surface area contributed by atoms with E-state index < -0.39 is 5.67 Å². The van der Waals surface area contributed by atoms with Gasteiger partial charge in [0.1, 0.15) is 11.6 Å². The number of fused-ring (bicyclic) bond motifs is 1. The number of hydrogen-bond donors (Lipinski definition) is 0. The van der Waals surface area contributed by atoms with E-state index in [2.05, 4.69) is 53.0 Å². The van der Waals surface area contributed by atoms with Crippen molar-refractivity contribution in [2.24, 2.45) is 0 Å². The van der Waals surface area contributed by atoms with Crippen molar-refractivity contribution in [3.8, 4) is 5.75 Å². The third kappa shape index (κ3) is 3.76. The van der Waals surface area contributed by atoms with Crippen LogP contribution in [0.15, 0.2) is 42.5 Å². The van der Waals surface area contributed by atoms with Crippen LogP contribution >= 0.6 is 0 Å². The molecule has 2 aromatic carbocycles. The summed E-state index contributed by atoms with van der Waals surface area (Å²) in [5, 5.41) is 1.01. The van der Waals surface area contributed by atoms with Crippen LogP contribution in [0.1, 0.15) is 49.9 Å². The Morgan fingerprint density at radius 2 is 1.88 bits per heavy atom. The van der Waals surface area contributed by atoms with Gasteiger partial charge in [0.25, 0.3) is 0 Å². The van der Waals surface area contributed by atoms with Gasteiger partial charge in [-0.25, -0.2) is 14.4 Å². The number of para-hydroxylation sites is 1. The number of halogens is 1. The maximum atomic E-state index is 15.0. The molecule has 1 aromatic heterocycles. The summed E-state index contributed by atoms with van der Waals surface area (Å²) < 4.78 is 20.6. The maximum absolute atomic E-state index is 15.0. The number of alkyl halides is 1. The van der Waals surface area contributed by atoms with E-state index in [9.17, 15) is 4.39 Å². The van der Waals surface area contributed by atoms with Crippen LogP contribution in [0.2, 0.25) is 0 Å². The fourth-order valence-electron chi connectivity index (χ4n) is 4.70. The van der Waals surface area contributed by atoms with Crippen LogP contribution in [0.4, 0.5) is 15.9 Å². The molecule has 2 aliphatic rings. The molecule has 0 atom stereocenters. The van der Waals surface area contributed by atoms with Gasteiger partial charge in [-0.3, -0.25) is 0 Å². The summed E-state index contributed by atoms with van der Waals surface area (Å²) in [5.74, 6) is 2.64. The lowest BCUT2D eigenvalue weighted by molar-refractivity contribution is 0.301. The number of aromatic nitrogens is 2. The van der Waals surface area contributed by atoms with Gasteiger partial charge in [-0.05, 0) is 68.4 Å². The van der Waals surface area contributed by atoms with E-state index in [0.29, 0.717) is 24.6 Å². The highest BCUT2D eigenvalue weighted by Crippen LogP contribution is 2.49. The van der Waals surface area contributed by atoms with Crippen molar-refractivity contribution in [1.29, 1.82) is 0 Å². The van der Waals surface area contributed by atoms with E-state index >= 15 is 0 Å². The second-order valence-electron chi connectivity index (χ2n) is 9.06. The van der Waals surface area contributed by atoms with Crippen molar-refractivity contribution in [3.63, 3.8) is 0 Å². The normalized spacial score (nSPS) is 18.1. The van der Waals surface area contributed by atoms with Gasteiger partial charge in [0.15, 0.2) is 11.5 Å². The molecular weight excluding hydrogens is 403 g/mol. The molecule has 2 fully saturated rings. The predicted octanol–water partition coefficient (Wildman–Crippen LogP) is 5.44. The summed E-state index contributed by atoms with van der Waals surface area (Å²) in [5.41, 5.74) is 1.88. The number of rotatable bonds is 6. The third-order valence-corrected chi connectivity index (χ3v) is 7.04. The van der Waals surface area contributed by atoms with Crippen LogP contribution in [0, 0.1) is 0 Å². The highest BCUT2D eigenvalue weighted by molar-refractivity contribution is 5.92. The Balaban J connectivity index is 1.48. The number of anilines is 2. The molecule has 0 spiro atoms. The Labute approximate surface area is 189 Å². The first-order chi connectivity index (χ1) is 15.5. The summed E-state index contributed by atoms with van der Waals surface area (Å²) in [6.45, 7) is 4.80. The first-order valence-corrected chi connectivity index (χ1v) is 11.6. The van der Waals surface area contributed by atoms with Gasteiger partial charge in [0.05, 0.1) is 12.6 Å². The van der Waals surface area contributed by atoms with Crippen molar-refractivity contribution in [3.05, 3.63) is 53.9 Å². The van der Waals surface area contributed by atoms with E-state index in [0.717, 1.165) is 60.6 Å². The van der Waals surface area contributed by atoms with Gasteiger partial charge in [-0.2, -0.15) is 0 Å². The van der Waals surface area contributed by atoms with E-state index in [1.54, 1.807) is 7.11 Å². The molecule has 5 rings (SSSR count). The van der Waals surface area contributed by atoms with Gasteiger partial charge in [0.2, 0.25) is 0 Å². The van der Waals surface area contributed by atoms with Gasteiger partial charge in [-0.1, -0.05) is 18.2 Å². The van der Waals surface area contributed by atoms with Crippen molar-refractivity contribution < 1.29 is 9.13 Å². The zero-order valence-corrected chi connectivity index (χ0v) is 19.1. The molecule has 1 aliphatic carbocycles. The number of ether oxygens (including phenoxy) is 1. The Kier molecular flexibility index (Phi) is 5.39. The molecule has 0 amide bonds. The largest absolute Gasteiger partial charge is 0.496 e. The van der Waals surface area contributed by atoms with Gasteiger partial charge < -0.3 is 14.5 Å². The summed E-state index contributed by atoms with van der Waals surface area (Å²) in [6, 6.07) is 14.5. The van der Waals surface area contributed by atoms with Gasteiger partial charge >= 0.3 is 0 Å². The second-order valence-corrected chi connectivity index (χ2v) is 9.06. The summed E-state index contributed by atoms with van der Waals surface area (Å²) in [7, 11) is 3.81. The summed E-state index contributed by atoms with van der Waals surface area (Å²) >= 11 is 0. The Morgan fingerprint density at radius 1 is 1.12 bits per heavy atom. The predicted molar refractivity (Wildman–Crippen MR) is 128 cm³/mol. The molecule has 0 radical (unpaired) electrons. The van der Waals surface area contributed by atoms with Crippen molar-refractivity contribution in [2.75, 3.05) is 43.6 Å². The van der Waals surface area contributed by atoms with E-state index in [1.807, 2.05) is 18.2 Å². The minimum atomic E-state index is -1.35. The Bertz CT molecular complexity index is 1120. The van der Waals surface area contributed by atoms with Crippen LogP contribution in [0.3, 0.4) is 0 Å². The van der Waals surface area contributed by atoms with Crippen molar-refractivity contribution in [1.82, 2.24) is 9.97 Å². The lowest BCUT2D eigenvalue weighted by atomic mass is 9.88. The van der Waals surface area contributed by atoms with Gasteiger partial charge in [0, 0.05) is 37.8 Å². The monoisotopic (exact) mass is 434 g/mol. The lowest BCUT2D eigenvalue weighted by Gasteiger charge is -2.34. The molecule has 168 valence electrons. The molecule has 0 unspecified atom stereocenters. The first-order valence-electron chi connectivity index (χ1n) is 11.6. The molecule has 6 heteroatoms. The zero-order valence-electron chi connectivity index (χ0n) is 19.1. The molecule has 0 bridgehead atoms. The average Bonchev–Trinajstić information content (AvgIpc) is 3.61. The minimum absolute atomic E-state index is 0.350. The molecule has 2 heterocycles. The number of benzene rings is 2. The quantitative estimate of drug-likeness (QED) is 0.517. The van der Waals surface area contributed by atoms with E-state index in [1.165, 1.54) is 5.56 Å². The number of hydrogen-bond acceptors (Lipinski definition) is 5. The standard InChI is InChI=1S/C26H31FN4O/c1-4-30(2)19-9-10-22-21(17-19)24(29-25(28-22)26(27)13-14-26)31-15-11-18(12-16-31)20-7-5-6-8-23(20)32-3/h5-10,17-18H,4,11-16H2,1-3H3. The van der Waals surface area contributed by atoms with Crippen molar-refractivity contribution in [2.45, 2.75) is 44.2 Å². The SMILES string of the molecule is CCN(C)c1ccc2nc(C3(F)CC3)nc(N3CCC(c4ccccc4OC)CC3)c2c1. The Morgan fingerprint density at radius 3 is 2.56 bits per heavy atom. The maximum Gasteiger partial charge on any atom is 0.170 e. The van der Waals surface area contributed by atoms with Crippen molar-refractivity contribution >= 4 is 22.4 Å². The zero-order chi connectivity index (χ0) is 22.3. The number of piperidine rings is 1. The molecular formula is C26H31FN4O. The second kappa shape index (κ2) is 8.23. The number of nitrogens with zero attached hydrogens (tertiary/aromatic N) is 4. The Hall–Kier alpha value is -2.89. The molecule has 1 saturated heterocycles. The van der Waals surface area contributed by atoms with Crippen LogP contribution in [0.5, 0.6) is 5.75 Å². The van der Waals surface area contributed by atoms with Gasteiger partial charge in [-0.15, -0.1) is 0 Å². The summed E-state index contributed by atoms with van der Waals surface area (Å²) in [6.07, 6.45) is 3.06. The lowest BCUT2D eigenvalue weighted by Crippen LogP contribution is -2.34. The van der Waals surface area contributed by atoms with E-state index in [-0.39, 0.29) is 0 Å². The molecule has 1 aliphatic heterocycles. The smallest absolute Gasteiger partial charge is 0.170 e. The average molecular weight is 435 g/mol. The third-order valence-electron chi connectivity index (χ3n) is 7.04. The number of methoxy groups -OCH3 is 1. The van der Waals surface area contributed by atoms with Crippen LogP contribution < -0.4 is 14.5 Å². The van der Waals surface area contributed by atoms with E-state index in [4.69, 9.17) is 9.72 Å². The summed E-state index contributed by atoms with van der Waals surface area (Å²) in [4.78, 5) is 14.0. The highest BCUT2D eigenvalue weighted by atomic mass is 19.1. The highest BCUT2D eigenvalue weighted by Gasteiger charge is 2.48. The fourth-order valence-corrected chi connectivity index (χ4v) is 4.70. The van der Waals surface area contributed by atoms with Crippen LogP contribution in [-0.4, -0.2) is 43.8 Å². The fraction of sp³-hybridized carbons (Fsp3) is 0.462. The molecule has 32 heavy (non-hydrogen) atoms. The molecule has 3 aromatic rings. The molecule has 5 nitrogen and oxygen atoms in total.